The number of benzene rings is 2. The van der Waals surface area contributed by atoms with Gasteiger partial charge in [-0.15, -0.1) is 0 Å². The number of carbonyl (C=O) groups is 7. The molecule has 2 aliphatic heterocycles. The molecule has 18 heteroatoms. The Bertz CT molecular complexity index is 1970. The molecule has 0 saturated carbocycles. The molecule has 8 N–H and O–H groups in total. The second-order valence-electron chi connectivity index (χ2n) is 15.9. The molecular weight excluding hydrogens is 807 g/mol. The minimum absolute atomic E-state index is 0.198. The molecule has 0 unspecified atom stereocenters. The third-order valence-corrected chi connectivity index (χ3v) is 21.9. The van der Waals surface area contributed by atoms with Crippen LogP contribution in [0.3, 0.4) is 0 Å². The number of Topliss-reactive ketones (excluding diaryl/α,β-unsaturated/α-hetero) is 1. The molecule has 0 fully saturated rings. The van der Waals surface area contributed by atoms with Crippen LogP contribution in [0.15, 0.2) is 36.4 Å². The summed E-state index contributed by atoms with van der Waals surface area (Å²) in [5.41, 5.74) is 4.87. The first-order chi connectivity index (χ1) is 28.3. The standard InChI is InChI=1S/C42H61N5O11Si2/c1-9-24(8)35(50)39(53)45-29-22-25-19-20-31(48)27(21-25)26-17-16-18-28-33(26)47-41(56)42(28,58-60(13-5,14-6)15-7)36(57-59(10-2,11-3)12-4)34(40(54)55)46-38(52)30(23-32(43)49)44-37(29)51/h16-21,24,29-30,34,36,48H,9-15,22-23H2,1-8H3,(H2,43,49)(H,44,51)(H,45,53)(H,46,52)(H,47,56)(H,54,55)/t24-,29-,30-,34+,36+,42-/m0/s1. The summed E-state index contributed by atoms with van der Waals surface area (Å²) in [5, 5.41) is 33.0. The van der Waals surface area contributed by atoms with Crippen molar-refractivity contribution in [3.8, 4) is 16.9 Å². The third-order valence-electron chi connectivity index (χ3n) is 12.7. The predicted octanol–water partition coefficient (Wildman–Crippen LogP) is 4.20. The molecule has 2 aromatic rings. The molecule has 0 spiro atoms. The first kappa shape index (κ1) is 47.8. The normalized spacial score (nSPS) is 22.6. The molecule has 0 aliphatic carbocycles. The van der Waals surface area contributed by atoms with Crippen LogP contribution in [0.4, 0.5) is 5.69 Å². The number of para-hydroxylation sites is 1. The van der Waals surface area contributed by atoms with Gasteiger partial charge in [-0.2, -0.15) is 0 Å². The minimum atomic E-state index is -2.93. The summed E-state index contributed by atoms with van der Waals surface area (Å²) >= 11 is 0. The molecule has 2 aromatic carbocycles. The molecule has 16 nitrogen and oxygen atoms in total. The number of rotatable bonds is 17. The van der Waals surface area contributed by atoms with Crippen LogP contribution in [0.1, 0.15) is 79.4 Å². The zero-order valence-corrected chi connectivity index (χ0v) is 37.9. The summed E-state index contributed by atoms with van der Waals surface area (Å²) in [7, 11) is -5.86. The van der Waals surface area contributed by atoms with Crippen molar-refractivity contribution in [1.29, 1.82) is 0 Å². The number of carboxylic acid groups (broad SMARTS) is 1. The molecule has 6 atom stereocenters. The number of anilines is 1. The Morgan fingerprint density at radius 2 is 1.50 bits per heavy atom. The van der Waals surface area contributed by atoms with E-state index >= 15 is 4.79 Å². The number of hydrogen-bond acceptors (Lipinski definition) is 10. The van der Waals surface area contributed by atoms with Gasteiger partial charge in [0.1, 0.15) is 23.9 Å². The predicted molar refractivity (Wildman–Crippen MR) is 230 cm³/mol. The van der Waals surface area contributed by atoms with Crippen molar-refractivity contribution < 1.29 is 52.6 Å². The smallest absolute Gasteiger partial charge is 0.329 e. The quantitative estimate of drug-likeness (QED) is 0.0876. The largest absolute Gasteiger partial charge is 0.507 e. The molecule has 5 amide bonds. The fourth-order valence-electron chi connectivity index (χ4n) is 8.17. The van der Waals surface area contributed by atoms with Gasteiger partial charge in [0.2, 0.25) is 23.5 Å². The number of phenols is 1. The number of carboxylic acids is 1. The number of aliphatic carboxylic acids is 1. The van der Waals surface area contributed by atoms with Crippen LogP contribution < -0.4 is 27.0 Å². The third kappa shape index (κ3) is 9.51. The maximum absolute atomic E-state index is 15.2. The van der Waals surface area contributed by atoms with Crippen LogP contribution in [-0.2, 0) is 54.4 Å². The summed E-state index contributed by atoms with van der Waals surface area (Å²) < 4.78 is 14.4. The Kier molecular flexibility index (Phi) is 15.6. The number of fused-ring (bicyclic) bond motifs is 3. The van der Waals surface area contributed by atoms with Gasteiger partial charge in [0, 0.05) is 29.0 Å². The van der Waals surface area contributed by atoms with Gasteiger partial charge in [-0.05, 0) is 60.4 Å². The van der Waals surface area contributed by atoms with Crippen molar-refractivity contribution in [3.05, 3.63) is 47.5 Å². The summed E-state index contributed by atoms with van der Waals surface area (Å²) in [5.74, 6) is -8.13. The van der Waals surface area contributed by atoms with Gasteiger partial charge in [0.05, 0.1) is 12.1 Å². The van der Waals surface area contributed by atoms with Crippen LogP contribution in [0.5, 0.6) is 5.75 Å². The van der Waals surface area contributed by atoms with Gasteiger partial charge in [-0.25, -0.2) is 4.79 Å². The van der Waals surface area contributed by atoms with Crippen LogP contribution in [-0.4, -0.2) is 92.4 Å². The van der Waals surface area contributed by atoms with E-state index in [-0.39, 0.29) is 29.0 Å². The Morgan fingerprint density at radius 1 is 0.883 bits per heavy atom. The van der Waals surface area contributed by atoms with Gasteiger partial charge >= 0.3 is 5.97 Å². The molecule has 60 heavy (non-hydrogen) atoms. The molecule has 2 aliphatic rings. The second-order valence-corrected chi connectivity index (χ2v) is 25.3. The minimum Gasteiger partial charge on any atom is -0.507 e. The zero-order chi connectivity index (χ0) is 44.7. The lowest BCUT2D eigenvalue weighted by Crippen LogP contribution is -2.67. The number of nitrogens with one attached hydrogen (secondary N) is 4. The lowest BCUT2D eigenvalue weighted by atomic mass is 9.83. The molecular formula is C42H61N5O11Si2. The molecule has 0 saturated heterocycles. The highest BCUT2D eigenvalue weighted by atomic mass is 28.4. The van der Waals surface area contributed by atoms with Crippen LogP contribution in [0.2, 0.25) is 36.3 Å². The fraction of sp³-hybridized carbons (Fsp3) is 0.548. The summed E-state index contributed by atoms with van der Waals surface area (Å²) in [4.78, 5) is 96.2. The van der Waals surface area contributed by atoms with Crippen molar-refractivity contribution in [1.82, 2.24) is 16.0 Å². The average molecular weight is 868 g/mol. The van der Waals surface area contributed by atoms with E-state index in [1.807, 2.05) is 41.5 Å². The Balaban J connectivity index is 2.15. The Morgan fingerprint density at radius 3 is 2.05 bits per heavy atom. The number of primary amides is 1. The van der Waals surface area contributed by atoms with Crippen molar-refractivity contribution in [3.63, 3.8) is 0 Å². The molecule has 328 valence electrons. The van der Waals surface area contributed by atoms with E-state index in [1.54, 1.807) is 38.1 Å². The van der Waals surface area contributed by atoms with Crippen molar-refractivity contribution in [2.24, 2.45) is 11.7 Å². The van der Waals surface area contributed by atoms with E-state index in [2.05, 4.69) is 21.3 Å². The fourth-order valence-corrected chi connectivity index (χ4v) is 13.9. The zero-order valence-electron chi connectivity index (χ0n) is 35.9. The number of nitrogens with two attached hydrogens (primary N) is 1. The molecule has 4 rings (SSSR count). The number of amides is 5. The second kappa shape index (κ2) is 19.6. The highest BCUT2D eigenvalue weighted by Gasteiger charge is 2.63. The van der Waals surface area contributed by atoms with E-state index in [0.29, 0.717) is 53.8 Å². The van der Waals surface area contributed by atoms with E-state index < -0.39 is 100 Å². The maximum atomic E-state index is 15.2. The molecule has 0 radical (unpaired) electrons. The molecule has 0 aromatic heterocycles. The van der Waals surface area contributed by atoms with Crippen LogP contribution in [0, 0.1) is 5.92 Å². The van der Waals surface area contributed by atoms with Gasteiger partial charge in [-0.1, -0.05) is 79.7 Å². The van der Waals surface area contributed by atoms with Gasteiger partial charge in [0.25, 0.3) is 11.8 Å². The monoisotopic (exact) mass is 867 g/mol. The SMILES string of the molecule is CC[C@H](C)C(=O)C(=O)N[C@H]1Cc2ccc(O)c(c2)-c2cccc3c2NC(=O)[C@@]3(O[Si](CC)(CC)CC)[C@H](O[Si](CC)(CC)CC)[C@H](C(=O)O)NC(=O)[C@H](CC(N)=O)NC1=O. The number of carbonyl (C=O) groups excluding carboxylic acids is 6. The van der Waals surface area contributed by atoms with Gasteiger partial charge in [0.15, 0.2) is 28.3 Å². The van der Waals surface area contributed by atoms with E-state index in [0.717, 1.165) is 0 Å². The van der Waals surface area contributed by atoms with Crippen molar-refractivity contribution >= 4 is 63.6 Å². The van der Waals surface area contributed by atoms with Crippen LogP contribution in [0.25, 0.3) is 11.1 Å². The highest BCUT2D eigenvalue weighted by molar-refractivity contribution is 6.74. The Labute approximate surface area is 353 Å². The topological polar surface area (TPSA) is 253 Å². The first-order valence-corrected chi connectivity index (χ1v) is 26.0. The number of phenolic OH excluding ortho intramolecular Hbond substituents is 1. The maximum Gasteiger partial charge on any atom is 0.329 e. The number of hydrogen-bond donors (Lipinski definition) is 7. The first-order valence-electron chi connectivity index (χ1n) is 21.0. The number of aromatic hydroxyl groups is 1. The van der Waals surface area contributed by atoms with Crippen molar-refractivity contribution in [2.45, 2.75) is 141 Å². The van der Waals surface area contributed by atoms with E-state index in [1.165, 1.54) is 12.1 Å². The van der Waals surface area contributed by atoms with Gasteiger partial charge in [-0.3, -0.25) is 28.8 Å². The van der Waals surface area contributed by atoms with Crippen molar-refractivity contribution in [2.75, 3.05) is 5.32 Å². The summed E-state index contributed by atoms with van der Waals surface area (Å²) in [6.07, 6.45) is -2.40. The van der Waals surface area contributed by atoms with E-state index in [4.69, 9.17) is 14.6 Å². The lowest BCUT2D eigenvalue weighted by Gasteiger charge is -2.47. The summed E-state index contributed by atoms with van der Waals surface area (Å²) in [6.45, 7) is 15.0. The van der Waals surface area contributed by atoms with Crippen LogP contribution >= 0.6 is 0 Å². The van der Waals surface area contributed by atoms with E-state index in [9.17, 15) is 39.0 Å². The average Bonchev–Trinajstić information content (AvgIpc) is 3.52. The highest BCUT2D eigenvalue weighted by Crippen LogP contribution is 2.52. The number of ketones is 1. The summed E-state index contributed by atoms with van der Waals surface area (Å²) in [6, 6.07) is 7.38. The Hall–Kier alpha value is -4.92. The lowest BCUT2D eigenvalue weighted by molar-refractivity contribution is -0.158. The molecule has 6 bridgehead atoms. The van der Waals surface area contributed by atoms with Gasteiger partial charge < -0.3 is 46.1 Å². The molecule has 2 heterocycles.